The largest absolute Gasteiger partial charge is 0.413 e. The van der Waals surface area contributed by atoms with Gasteiger partial charge in [0.2, 0.25) is 5.92 Å². The number of alkyl halides is 5. The minimum atomic E-state index is -4.62. The second kappa shape index (κ2) is 9.41. The molecule has 5 rings (SSSR count). The first kappa shape index (κ1) is 26.7. The van der Waals surface area contributed by atoms with Crippen molar-refractivity contribution in [1.29, 1.82) is 0 Å². The van der Waals surface area contributed by atoms with Crippen molar-refractivity contribution in [2.24, 2.45) is 5.92 Å². The van der Waals surface area contributed by atoms with E-state index in [1.807, 2.05) is 5.32 Å². The van der Waals surface area contributed by atoms with Gasteiger partial charge in [-0.3, -0.25) is 4.79 Å². The number of fused-ring (bicyclic) bond motifs is 1. The third kappa shape index (κ3) is 5.23. The average molecular weight is 556 g/mol. The number of aromatic nitrogens is 5. The first-order valence-corrected chi connectivity index (χ1v) is 12.2. The Kier molecular flexibility index (Phi) is 6.45. The molecule has 3 aromatic rings. The zero-order valence-corrected chi connectivity index (χ0v) is 20.9. The van der Waals surface area contributed by atoms with Crippen LogP contribution in [-0.4, -0.2) is 65.9 Å². The summed E-state index contributed by atoms with van der Waals surface area (Å²) in [7, 11) is 0. The predicted molar refractivity (Wildman–Crippen MR) is 123 cm³/mol. The number of hydrogen-bond donors (Lipinski definition) is 2. The van der Waals surface area contributed by atoms with Crippen LogP contribution >= 0.6 is 0 Å². The van der Waals surface area contributed by atoms with Crippen LogP contribution in [0.1, 0.15) is 66.1 Å². The summed E-state index contributed by atoms with van der Waals surface area (Å²) in [5, 5.41) is 16.2. The van der Waals surface area contributed by atoms with Crippen LogP contribution in [0, 0.1) is 12.8 Å². The summed E-state index contributed by atoms with van der Waals surface area (Å²) in [5.41, 5.74) is -1.05. The number of nitrogens with one attached hydrogen (secondary N) is 2. The van der Waals surface area contributed by atoms with E-state index in [0.29, 0.717) is 16.9 Å². The monoisotopic (exact) mass is 556 g/mol. The van der Waals surface area contributed by atoms with Gasteiger partial charge in [-0.05, 0) is 49.4 Å². The summed E-state index contributed by atoms with van der Waals surface area (Å²) < 4.78 is 73.8. The molecule has 2 fully saturated rings. The maximum absolute atomic E-state index is 13.9. The zero-order valence-electron chi connectivity index (χ0n) is 20.9. The van der Waals surface area contributed by atoms with Gasteiger partial charge in [0, 0.05) is 19.4 Å². The SMILES string of the molecule is Cc1nonc1C(=O)NC(c1cn2ncc(CN3CC(C)(C(F)(F)F)NC3=O)cc2n1)C1CCC(F)(F)CC1. The second-order valence-electron chi connectivity index (χ2n) is 10.3. The summed E-state index contributed by atoms with van der Waals surface area (Å²) in [6, 6.07) is -0.0490. The molecule has 1 saturated carbocycles. The van der Waals surface area contributed by atoms with Crippen LogP contribution in [-0.2, 0) is 6.54 Å². The Morgan fingerprint density at radius 3 is 2.62 bits per heavy atom. The summed E-state index contributed by atoms with van der Waals surface area (Å²) >= 11 is 0. The van der Waals surface area contributed by atoms with Gasteiger partial charge < -0.3 is 15.5 Å². The molecule has 3 amide bonds. The fraction of sp³-hybridized carbons (Fsp3) is 0.565. The van der Waals surface area contributed by atoms with Crippen molar-refractivity contribution < 1.29 is 36.2 Å². The lowest BCUT2D eigenvalue weighted by Crippen LogP contribution is -2.53. The molecule has 1 saturated heterocycles. The molecule has 0 radical (unpaired) electrons. The van der Waals surface area contributed by atoms with E-state index >= 15 is 0 Å². The lowest BCUT2D eigenvalue weighted by molar-refractivity contribution is -0.183. The van der Waals surface area contributed by atoms with Crippen LogP contribution in [0.25, 0.3) is 5.65 Å². The number of rotatable bonds is 6. The molecular formula is C23H25F5N8O3. The summed E-state index contributed by atoms with van der Waals surface area (Å²) in [4.78, 5) is 30.7. The van der Waals surface area contributed by atoms with Crippen LogP contribution in [0.3, 0.4) is 0 Å². The van der Waals surface area contributed by atoms with Crippen molar-refractivity contribution in [3.05, 3.63) is 41.1 Å². The van der Waals surface area contributed by atoms with Crippen LogP contribution < -0.4 is 10.6 Å². The molecule has 11 nitrogen and oxygen atoms in total. The Bertz CT molecular complexity index is 1400. The molecule has 2 aliphatic rings. The van der Waals surface area contributed by atoms with Crippen molar-refractivity contribution in [2.75, 3.05) is 6.54 Å². The number of halogens is 5. The Morgan fingerprint density at radius 1 is 1.28 bits per heavy atom. The Hall–Kier alpha value is -3.85. The lowest BCUT2D eigenvalue weighted by atomic mass is 9.81. The fourth-order valence-corrected chi connectivity index (χ4v) is 4.96. The number of carbonyl (C=O) groups is 2. The van der Waals surface area contributed by atoms with Crippen LogP contribution in [0.5, 0.6) is 0 Å². The average Bonchev–Trinajstić information content (AvgIpc) is 3.54. The number of amides is 3. The van der Waals surface area contributed by atoms with Gasteiger partial charge in [0.25, 0.3) is 5.91 Å². The Morgan fingerprint density at radius 2 is 2.00 bits per heavy atom. The first-order chi connectivity index (χ1) is 18.2. The number of carbonyl (C=O) groups excluding carboxylic acids is 2. The highest BCUT2D eigenvalue weighted by atomic mass is 19.4. The van der Waals surface area contributed by atoms with Gasteiger partial charge in [-0.15, -0.1) is 0 Å². The van der Waals surface area contributed by atoms with Crippen molar-refractivity contribution in [1.82, 2.24) is 40.4 Å². The van der Waals surface area contributed by atoms with Gasteiger partial charge in [-0.2, -0.15) is 18.3 Å². The summed E-state index contributed by atoms with van der Waals surface area (Å²) in [6.45, 7) is 1.74. The van der Waals surface area contributed by atoms with E-state index in [1.54, 1.807) is 12.3 Å². The number of nitrogens with zero attached hydrogens (tertiary/aromatic N) is 6. The predicted octanol–water partition coefficient (Wildman–Crippen LogP) is 3.56. The van der Waals surface area contributed by atoms with Gasteiger partial charge >= 0.3 is 12.2 Å². The quantitative estimate of drug-likeness (QED) is 0.444. The summed E-state index contributed by atoms with van der Waals surface area (Å²) in [5.74, 6) is -3.74. The molecule has 4 heterocycles. The Balaban J connectivity index is 1.39. The maximum Gasteiger partial charge on any atom is 0.413 e. The molecule has 39 heavy (non-hydrogen) atoms. The third-order valence-corrected chi connectivity index (χ3v) is 7.28. The van der Waals surface area contributed by atoms with E-state index in [9.17, 15) is 31.5 Å². The highest BCUT2D eigenvalue weighted by Gasteiger charge is 2.57. The molecular weight excluding hydrogens is 531 g/mol. The molecule has 2 N–H and O–H groups in total. The molecule has 0 spiro atoms. The van der Waals surface area contributed by atoms with E-state index < -0.39 is 42.2 Å². The molecule has 0 bridgehead atoms. The van der Waals surface area contributed by atoms with Crippen molar-refractivity contribution in [3.8, 4) is 0 Å². The lowest BCUT2D eigenvalue weighted by Gasteiger charge is -2.33. The second-order valence-corrected chi connectivity index (χ2v) is 10.3. The third-order valence-electron chi connectivity index (χ3n) is 7.28. The van der Waals surface area contributed by atoms with Gasteiger partial charge in [0.1, 0.15) is 5.69 Å². The van der Waals surface area contributed by atoms with Crippen molar-refractivity contribution in [3.63, 3.8) is 0 Å². The molecule has 2 atom stereocenters. The molecule has 16 heteroatoms. The summed E-state index contributed by atoms with van der Waals surface area (Å²) in [6.07, 6.45) is -2.06. The smallest absolute Gasteiger partial charge is 0.342 e. The number of hydrogen-bond acceptors (Lipinski definition) is 7. The molecule has 210 valence electrons. The van der Waals surface area contributed by atoms with Crippen molar-refractivity contribution >= 4 is 17.6 Å². The number of aryl methyl sites for hydroxylation is 1. The normalized spacial score (nSPS) is 22.7. The van der Waals surface area contributed by atoms with E-state index in [4.69, 9.17) is 0 Å². The van der Waals surface area contributed by atoms with Gasteiger partial charge in [0.15, 0.2) is 16.9 Å². The van der Waals surface area contributed by atoms with Crippen LogP contribution in [0.4, 0.5) is 26.7 Å². The fourth-order valence-electron chi connectivity index (χ4n) is 4.96. The molecule has 1 aliphatic carbocycles. The number of urea groups is 1. The van der Waals surface area contributed by atoms with Gasteiger partial charge in [-0.1, -0.05) is 5.16 Å². The van der Waals surface area contributed by atoms with Gasteiger partial charge in [-0.25, -0.2) is 27.7 Å². The topological polar surface area (TPSA) is 131 Å². The highest BCUT2D eigenvalue weighted by molar-refractivity contribution is 5.93. The minimum Gasteiger partial charge on any atom is -0.342 e. The van der Waals surface area contributed by atoms with Crippen LogP contribution in [0.15, 0.2) is 23.1 Å². The standard InChI is InChI=1S/C23H25F5N8O3/c1-12-17(34-39-33-12)19(37)31-18(14-3-5-22(24,25)6-4-14)15-10-36-16(30-15)7-13(8-29-36)9-35-11-21(2,23(26,27)28)32-20(35)38/h7-8,10,14,18H,3-6,9,11H2,1-2H3,(H,31,37)(H,32,38). The number of imidazole rings is 1. The molecule has 3 aromatic heterocycles. The molecule has 2 unspecified atom stereocenters. The maximum atomic E-state index is 13.9. The first-order valence-electron chi connectivity index (χ1n) is 12.2. The minimum absolute atomic E-state index is 0.0416. The Labute approximate surface area is 218 Å². The van der Waals surface area contributed by atoms with E-state index in [1.165, 1.54) is 17.6 Å². The van der Waals surface area contributed by atoms with E-state index in [-0.39, 0.29) is 49.5 Å². The molecule has 1 aliphatic heterocycles. The zero-order chi connectivity index (χ0) is 28.2. The highest BCUT2D eigenvalue weighted by Crippen LogP contribution is 2.41. The van der Waals surface area contributed by atoms with E-state index in [0.717, 1.165) is 11.8 Å². The van der Waals surface area contributed by atoms with Crippen molar-refractivity contribution in [2.45, 2.75) is 69.8 Å². The van der Waals surface area contributed by atoms with Gasteiger partial charge in [0.05, 0.1) is 30.7 Å². The van der Waals surface area contributed by atoms with Crippen LogP contribution in [0.2, 0.25) is 0 Å². The molecule has 0 aromatic carbocycles. The van der Waals surface area contributed by atoms with E-state index in [2.05, 4.69) is 30.3 Å².